The number of nitrogens with zero attached hydrogens (tertiary/aromatic N) is 3. The second kappa shape index (κ2) is 15.9. The first-order valence-electron chi connectivity index (χ1n) is 24.3. The summed E-state index contributed by atoms with van der Waals surface area (Å²) in [6, 6.07) is 77.7. The molecule has 0 radical (unpaired) electrons. The molecule has 14 rings (SSSR count). The Morgan fingerprint density at radius 3 is 1.71 bits per heavy atom. The van der Waals surface area contributed by atoms with Gasteiger partial charge < -0.3 is 0 Å². The third-order valence-electron chi connectivity index (χ3n) is 14.6. The lowest BCUT2D eigenvalue weighted by molar-refractivity contribution is 0.661. The van der Waals surface area contributed by atoms with Gasteiger partial charge in [0, 0.05) is 38.1 Å². The molecule has 3 nitrogen and oxygen atoms in total. The highest BCUT2D eigenvalue weighted by molar-refractivity contribution is 6.33. The Hall–Kier alpha value is -8.40. The molecule has 13 aromatic rings. The molecule has 11 aromatic carbocycles. The number of hydrogen-bond donors (Lipinski definition) is 0. The molecule has 0 N–H and O–H groups in total. The Morgan fingerprint density at radius 1 is 0.391 bits per heavy atom. The molecule has 0 saturated heterocycles. The van der Waals surface area contributed by atoms with Gasteiger partial charge in [-0.25, -0.2) is 9.97 Å². The van der Waals surface area contributed by atoms with E-state index in [0.29, 0.717) is 5.95 Å². The van der Waals surface area contributed by atoms with Gasteiger partial charge in [0.1, 0.15) is 0 Å². The molecule has 2 heterocycles. The first kappa shape index (κ1) is 40.8. The van der Waals surface area contributed by atoms with E-state index in [-0.39, 0.29) is 5.41 Å². The van der Waals surface area contributed by atoms with Gasteiger partial charge in [-0.05, 0) is 88.8 Å². The number of para-hydroxylation sites is 2. The van der Waals surface area contributed by atoms with Crippen LogP contribution in [0.4, 0.5) is 0 Å². The van der Waals surface area contributed by atoms with Crippen LogP contribution in [0.25, 0.3) is 126 Å². The zero-order valence-electron chi connectivity index (χ0n) is 39.3. The van der Waals surface area contributed by atoms with Crippen LogP contribution in [0.5, 0.6) is 0 Å². The van der Waals surface area contributed by atoms with Crippen molar-refractivity contribution in [3.63, 3.8) is 0 Å². The number of benzene rings is 11. The van der Waals surface area contributed by atoms with Crippen molar-refractivity contribution in [3.8, 4) is 50.6 Å². The van der Waals surface area contributed by atoms with E-state index in [1.165, 1.54) is 99.2 Å². The summed E-state index contributed by atoms with van der Waals surface area (Å²) < 4.78 is 2.38. The molecular weight excluding hydrogens is 835 g/mol. The molecule has 0 amide bonds. The Balaban J connectivity index is 0.00000153. The second-order valence-electron chi connectivity index (χ2n) is 19.1. The fourth-order valence-corrected chi connectivity index (χ4v) is 11.5. The van der Waals surface area contributed by atoms with Crippen LogP contribution < -0.4 is 0 Å². The first-order valence-corrected chi connectivity index (χ1v) is 24.3. The lowest BCUT2D eigenvalue weighted by Gasteiger charge is -2.22. The van der Waals surface area contributed by atoms with E-state index in [1.807, 2.05) is 0 Å². The summed E-state index contributed by atoms with van der Waals surface area (Å²) in [4.78, 5) is 11.2. The van der Waals surface area contributed by atoms with Crippen LogP contribution in [0.15, 0.2) is 212 Å². The Kier molecular flexibility index (Phi) is 9.39. The number of hydrogen-bond acceptors (Lipinski definition) is 2. The smallest absolute Gasteiger partial charge is 0.235 e. The predicted molar refractivity (Wildman–Crippen MR) is 294 cm³/mol. The minimum absolute atomic E-state index is 0.183. The molecular formula is C66H49N3. The zero-order chi connectivity index (χ0) is 46.4. The molecule has 69 heavy (non-hydrogen) atoms. The van der Waals surface area contributed by atoms with Gasteiger partial charge in [-0.3, -0.25) is 4.57 Å². The highest BCUT2D eigenvalue weighted by Gasteiger charge is 2.37. The van der Waals surface area contributed by atoms with Gasteiger partial charge in [0.2, 0.25) is 5.95 Å². The maximum absolute atomic E-state index is 5.68. The van der Waals surface area contributed by atoms with E-state index in [1.54, 1.807) is 0 Å². The van der Waals surface area contributed by atoms with E-state index < -0.39 is 0 Å². The summed E-state index contributed by atoms with van der Waals surface area (Å²) in [6.07, 6.45) is 1.25. The van der Waals surface area contributed by atoms with Crippen LogP contribution in [0.3, 0.4) is 0 Å². The Labute approximate surface area is 402 Å². The minimum atomic E-state index is -0.183. The van der Waals surface area contributed by atoms with Crippen LogP contribution in [-0.2, 0) is 5.41 Å². The van der Waals surface area contributed by atoms with Crippen molar-refractivity contribution in [2.75, 3.05) is 0 Å². The molecule has 328 valence electrons. The van der Waals surface area contributed by atoms with Gasteiger partial charge in [-0.15, -0.1) is 0 Å². The van der Waals surface area contributed by atoms with Gasteiger partial charge in [0.25, 0.3) is 0 Å². The van der Waals surface area contributed by atoms with Gasteiger partial charge in [0.15, 0.2) is 0 Å². The topological polar surface area (TPSA) is 30.7 Å². The fraction of sp³-hybridized carbons (Fsp3) is 0.0909. The normalized spacial score (nSPS) is 12.8. The third-order valence-corrected chi connectivity index (χ3v) is 14.6. The van der Waals surface area contributed by atoms with Crippen LogP contribution in [-0.4, -0.2) is 14.5 Å². The first-order chi connectivity index (χ1) is 33.9. The van der Waals surface area contributed by atoms with Crippen LogP contribution >= 0.6 is 0 Å². The average molecular weight is 884 g/mol. The van der Waals surface area contributed by atoms with E-state index in [4.69, 9.17) is 9.97 Å². The molecule has 0 bridgehead atoms. The molecule has 0 unspecified atom stereocenters. The molecule has 1 aliphatic rings. The van der Waals surface area contributed by atoms with Crippen molar-refractivity contribution in [2.45, 2.75) is 39.5 Å². The van der Waals surface area contributed by atoms with Gasteiger partial charge in [0.05, 0.1) is 22.2 Å². The van der Waals surface area contributed by atoms with Crippen molar-refractivity contribution in [3.05, 3.63) is 223 Å². The summed E-state index contributed by atoms with van der Waals surface area (Å²) >= 11 is 0. The van der Waals surface area contributed by atoms with E-state index >= 15 is 0 Å². The summed E-state index contributed by atoms with van der Waals surface area (Å²) in [5, 5.41) is 13.3. The van der Waals surface area contributed by atoms with Crippen molar-refractivity contribution < 1.29 is 0 Å². The summed E-state index contributed by atoms with van der Waals surface area (Å²) in [5.74, 6) is 0.648. The monoisotopic (exact) mass is 883 g/mol. The minimum Gasteiger partial charge on any atom is -0.277 e. The number of rotatable bonds is 4. The van der Waals surface area contributed by atoms with E-state index in [2.05, 4.69) is 245 Å². The molecule has 0 saturated carbocycles. The molecule has 2 aromatic heterocycles. The largest absolute Gasteiger partial charge is 0.277 e. The van der Waals surface area contributed by atoms with Crippen molar-refractivity contribution in [2.24, 2.45) is 0 Å². The van der Waals surface area contributed by atoms with Gasteiger partial charge in [-0.1, -0.05) is 234 Å². The van der Waals surface area contributed by atoms with Gasteiger partial charge in [-0.2, -0.15) is 0 Å². The van der Waals surface area contributed by atoms with Gasteiger partial charge >= 0.3 is 0 Å². The standard InChI is InChI=1S/C63H41N3.C3H8/c1-63(2)54-36-34-39-16-4-6-19-45(39)57(54)51-35-33-42(37-55(51)63)46-26-14-27-53-58-49-22-9-7-20-47(49)48-21-8-10-23-50(48)61(58)66(60(46)53)62-64-56-28-12-11-24-52(56)59(65-62)41-31-29-40(30-32-41)44-25-13-17-38-15-3-5-18-43(38)44;1-3-2/h3-37H,1-2H3;3H2,1-2H3. The summed E-state index contributed by atoms with van der Waals surface area (Å²) in [6.45, 7) is 9.01. The maximum atomic E-state index is 5.68. The van der Waals surface area contributed by atoms with E-state index in [0.717, 1.165) is 38.8 Å². The zero-order valence-corrected chi connectivity index (χ0v) is 39.3. The van der Waals surface area contributed by atoms with Crippen molar-refractivity contribution in [1.82, 2.24) is 14.5 Å². The second-order valence-corrected chi connectivity index (χ2v) is 19.1. The summed E-state index contributed by atoms with van der Waals surface area (Å²) in [5.41, 5.74) is 15.0. The maximum Gasteiger partial charge on any atom is 0.235 e. The Bertz CT molecular complexity index is 4210. The quantitative estimate of drug-likeness (QED) is 0.165. The third kappa shape index (κ3) is 6.20. The predicted octanol–water partition coefficient (Wildman–Crippen LogP) is 18.1. The number of aromatic nitrogens is 3. The molecule has 0 spiro atoms. The van der Waals surface area contributed by atoms with Crippen molar-refractivity contribution in [1.29, 1.82) is 0 Å². The highest BCUT2D eigenvalue weighted by Crippen LogP contribution is 2.53. The fourth-order valence-electron chi connectivity index (χ4n) is 11.5. The SMILES string of the molecule is CC1(C)c2cc(-c3cccc4c5c6ccccc6c6ccccc6c5n(-c5nc(-c6ccc(-c7cccc8ccccc78)cc6)c6ccccc6n5)c34)ccc2-c2c1ccc1ccccc21.CCC. The molecule has 3 heteroatoms. The molecule has 0 fully saturated rings. The lowest BCUT2D eigenvalue weighted by Crippen LogP contribution is -2.15. The lowest BCUT2D eigenvalue weighted by atomic mass is 9.81. The Morgan fingerprint density at radius 2 is 0.942 bits per heavy atom. The number of fused-ring (bicyclic) bond motifs is 15. The van der Waals surface area contributed by atoms with Crippen LogP contribution in [0, 0.1) is 0 Å². The molecule has 1 aliphatic carbocycles. The van der Waals surface area contributed by atoms with Crippen LogP contribution in [0.2, 0.25) is 0 Å². The highest BCUT2D eigenvalue weighted by atomic mass is 15.2. The molecule has 0 aliphatic heterocycles. The average Bonchev–Trinajstić information content (AvgIpc) is 3.87. The van der Waals surface area contributed by atoms with E-state index in [9.17, 15) is 0 Å². The van der Waals surface area contributed by atoms with Crippen LogP contribution in [0.1, 0.15) is 45.2 Å². The molecule has 0 atom stereocenters. The summed E-state index contributed by atoms with van der Waals surface area (Å²) in [7, 11) is 0. The van der Waals surface area contributed by atoms with Crippen molar-refractivity contribution >= 4 is 75.8 Å².